The zero-order valence-corrected chi connectivity index (χ0v) is 9.14. The molecule has 1 aliphatic carbocycles. The van der Waals surface area contributed by atoms with Crippen molar-refractivity contribution in [3.63, 3.8) is 0 Å². The summed E-state index contributed by atoms with van der Waals surface area (Å²) in [5.41, 5.74) is 1.80. The number of fused-ring (bicyclic) bond motifs is 1. The van der Waals surface area contributed by atoms with E-state index in [1.807, 2.05) is 0 Å². The van der Waals surface area contributed by atoms with Gasteiger partial charge in [-0.15, -0.1) is 0 Å². The Morgan fingerprint density at radius 1 is 1.29 bits per heavy atom. The smallest absolute Gasteiger partial charge is 0.0754 e. The van der Waals surface area contributed by atoms with Crippen molar-refractivity contribution >= 4 is 0 Å². The van der Waals surface area contributed by atoms with E-state index in [4.69, 9.17) is 4.74 Å². The van der Waals surface area contributed by atoms with Gasteiger partial charge in [0, 0.05) is 0 Å². The van der Waals surface area contributed by atoms with Gasteiger partial charge >= 0.3 is 0 Å². The van der Waals surface area contributed by atoms with Crippen LogP contribution < -0.4 is 0 Å². The zero-order chi connectivity index (χ0) is 9.81. The van der Waals surface area contributed by atoms with E-state index in [-0.39, 0.29) is 11.2 Å². The Balaban J connectivity index is 1.97. The van der Waals surface area contributed by atoms with Crippen LogP contribution in [-0.4, -0.2) is 11.2 Å². The van der Waals surface area contributed by atoms with E-state index < -0.39 is 0 Å². The minimum atomic E-state index is 0.135. The van der Waals surface area contributed by atoms with Crippen molar-refractivity contribution in [3.05, 3.63) is 12.2 Å². The van der Waals surface area contributed by atoms with Gasteiger partial charge in [-0.25, -0.2) is 0 Å². The van der Waals surface area contributed by atoms with E-state index in [9.17, 15) is 0 Å². The Bertz CT molecular complexity index is 283. The molecule has 2 unspecified atom stereocenters. The van der Waals surface area contributed by atoms with Crippen molar-refractivity contribution in [1.29, 1.82) is 0 Å². The van der Waals surface area contributed by atoms with E-state index in [0.717, 1.165) is 18.8 Å². The lowest BCUT2D eigenvalue weighted by Gasteiger charge is -2.53. The second-order valence-corrected chi connectivity index (χ2v) is 5.85. The van der Waals surface area contributed by atoms with Crippen LogP contribution in [0.2, 0.25) is 0 Å². The highest BCUT2D eigenvalue weighted by Crippen LogP contribution is 2.56. The van der Waals surface area contributed by atoms with Gasteiger partial charge in [0.05, 0.1) is 11.2 Å². The van der Waals surface area contributed by atoms with Crippen LogP contribution in [0.5, 0.6) is 0 Å². The molecule has 3 atom stereocenters. The Hall–Kier alpha value is -0.300. The molecule has 0 radical (unpaired) electrons. The zero-order valence-electron chi connectivity index (χ0n) is 9.14. The second kappa shape index (κ2) is 2.63. The third kappa shape index (κ3) is 1.11. The first-order chi connectivity index (χ1) is 6.62. The molecule has 2 heterocycles. The van der Waals surface area contributed by atoms with Gasteiger partial charge in [0.1, 0.15) is 0 Å². The van der Waals surface area contributed by atoms with E-state index in [0.29, 0.717) is 0 Å². The van der Waals surface area contributed by atoms with Crippen molar-refractivity contribution in [3.8, 4) is 0 Å². The first-order valence-electron chi connectivity index (χ1n) is 5.99. The van der Waals surface area contributed by atoms with Gasteiger partial charge in [0.25, 0.3) is 0 Å². The number of ether oxygens (including phenoxy) is 1. The van der Waals surface area contributed by atoms with Crippen LogP contribution in [0.3, 0.4) is 0 Å². The van der Waals surface area contributed by atoms with Crippen LogP contribution in [0.25, 0.3) is 0 Å². The summed E-state index contributed by atoms with van der Waals surface area (Å²) < 4.78 is 6.43. The van der Waals surface area contributed by atoms with Crippen LogP contribution >= 0.6 is 0 Å². The van der Waals surface area contributed by atoms with E-state index in [2.05, 4.69) is 13.5 Å². The molecule has 0 aromatic heterocycles. The summed E-state index contributed by atoms with van der Waals surface area (Å²) in [7, 11) is 0. The molecule has 78 valence electrons. The molecule has 0 N–H and O–H groups in total. The number of rotatable bonds is 0. The molecular formula is C13H20O. The van der Waals surface area contributed by atoms with Gasteiger partial charge in [-0.05, 0) is 51.4 Å². The minimum absolute atomic E-state index is 0.135. The lowest BCUT2D eigenvalue weighted by Crippen LogP contribution is -2.53. The summed E-state index contributed by atoms with van der Waals surface area (Å²) in [5, 5.41) is 0. The molecule has 2 aliphatic heterocycles. The molecule has 14 heavy (non-hydrogen) atoms. The first kappa shape index (κ1) is 8.96. The molecule has 2 bridgehead atoms. The van der Waals surface area contributed by atoms with Gasteiger partial charge in [-0.2, -0.15) is 0 Å². The maximum Gasteiger partial charge on any atom is 0.0754 e. The highest BCUT2D eigenvalue weighted by molar-refractivity contribution is 5.16. The summed E-state index contributed by atoms with van der Waals surface area (Å²) >= 11 is 0. The lowest BCUT2D eigenvalue weighted by molar-refractivity contribution is -0.214. The van der Waals surface area contributed by atoms with Gasteiger partial charge in [-0.3, -0.25) is 0 Å². The molecule has 0 aromatic carbocycles. The van der Waals surface area contributed by atoms with Crippen LogP contribution in [-0.2, 0) is 4.74 Å². The monoisotopic (exact) mass is 192 g/mol. The summed E-state index contributed by atoms with van der Waals surface area (Å²) in [6.45, 7) is 6.50. The van der Waals surface area contributed by atoms with Gasteiger partial charge in [0.15, 0.2) is 0 Å². The van der Waals surface area contributed by atoms with E-state index >= 15 is 0 Å². The second-order valence-electron chi connectivity index (χ2n) is 5.85. The highest BCUT2D eigenvalue weighted by atomic mass is 16.5. The van der Waals surface area contributed by atoms with Crippen molar-refractivity contribution in [2.75, 3.05) is 0 Å². The van der Waals surface area contributed by atoms with E-state index in [1.165, 1.54) is 37.7 Å². The van der Waals surface area contributed by atoms with Crippen LogP contribution in [0.4, 0.5) is 0 Å². The van der Waals surface area contributed by atoms with Gasteiger partial charge in [-0.1, -0.05) is 18.6 Å². The van der Waals surface area contributed by atoms with Gasteiger partial charge < -0.3 is 4.74 Å². The molecule has 0 aromatic rings. The molecule has 1 nitrogen and oxygen atoms in total. The fourth-order valence-corrected chi connectivity index (χ4v) is 4.09. The molecule has 1 spiro atoms. The summed E-state index contributed by atoms with van der Waals surface area (Å²) in [6, 6.07) is 0. The maximum absolute atomic E-state index is 6.43. The quantitative estimate of drug-likeness (QED) is 0.534. The number of hydrogen-bond donors (Lipinski definition) is 0. The summed E-state index contributed by atoms with van der Waals surface area (Å²) in [4.78, 5) is 0. The summed E-state index contributed by atoms with van der Waals surface area (Å²) in [5.74, 6) is 0.840. The normalized spacial score (nSPS) is 51.8. The SMILES string of the molecule is C=C1CC2(C)CCC3CCC[C@]3(C1)O2. The average Bonchev–Trinajstić information content (AvgIpc) is 2.42. The summed E-state index contributed by atoms with van der Waals surface area (Å²) in [6.07, 6.45) is 8.93. The van der Waals surface area contributed by atoms with Crippen LogP contribution in [0.1, 0.15) is 51.9 Å². The molecule has 3 fully saturated rings. The highest BCUT2D eigenvalue weighted by Gasteiger charge is 2.54. The predicted molar refractivity (Wildman–Crippen MR) is 57.2 cm³/mol. The Kier molecular flexibility index (Phi) is 1.69. The minimum Gasteiger partial charge on any atom is -0.368 e. The fraction of sp³-hybridized carbons (Fsp3) is 0.846. The topological polar surface area (TPSA) is 9.23 Å². The van der Waals surface area contributed by atoms with Crippen LogP contribution in [0.15, 0.2) is 12.2 Å². The Labute approximate surface area is 86.5 Å². The van der Waals surface area contributed by atoms with Crippen LogP contribution in [0, 0.1) is 5.92 Å². The molecule has 1 saturated carbocycles. The predicted octanol–water partition coefficient (Wildman–Crippen LogP) is 3.44. The molecular weight excluding hydrogens is 172 g/mol. The molecule has 3 aliphatic rings. The third-order valence-electron chi connectivity index (χ3n) is 4.54. The Morgan fingerprint density at radius 2 is 2.14 bits per heavy atom. The van der Waals surface area contributed by atoms with Crippen molar-refractivity contribution in [1.82, 2.24) is 0 Å². The largest absolute Gasteiger partial charge is 0.368 e. The third-order valence-corrected chi connectivity index (χ3v) is 4.54. The van der Waals surface area contributed by atoms with Crippen molar-refractivity contribution in [2.24, 2.45) is 5.92 Å². The van der Waals surface area contributed by atoms with Crippen molar-refractivity contribution < 1.29 is 4.74 Å². The first-order valence-corrected chi connectivity index (χ1v) is 5.99. The van der Waals surface area contributed by atoms with E-state index in [1.54, 1.807) is 0 Å². The fourth-order valence-electron chi connectivity index (χ4n) is 4.09. The standard InChI is InChI=1S/C13H20O/c1-10-8-12(2)7-5-11-4-3-6-13(11,9-10)14-12/h11H,1,3-9H2,2H3/t11?,12?,13-/m1/s1. The van der Waals surface area contributed by atoms with Crippen molar-refractivity contribution in [2.45, 2.75) is 63.1 Å². The molecule has 3 rings (SSSR count). The molecule has 2 saturated heterocycles. The average molecular weight is 192 g/mol. The lowest BCUT2D eigenvalue weighted by atomic mass is 9.70. The number of hydrogen-bond acceptors (Lipinski definition) is 1. The molecule has 1 heteroatoms. The Morgan fingerprint density at radius 3 is 3.00 bits per heavy atom. The van der Waals surface area contributed by atoms with Gasteiger partial charge in [0.2, 0.25) is 0 Å². The molecule has 0 amide bonds. The maximum atomic E-state index is 6.43.